The minimum atomic E-state index is -3.30. The molecule has 0 unspecified atom stereocenters. The van der Waals surface area contributed by atoms with Crippen molar-refractivity contribution in [2.45, 2.75) is 11.5 Å². The van der Waals surface area contributed by atoms with Gasteiger partial charge in [0.05, 0.1) is 11.5 Å². The fourth-order valence-electron chi connectivity index (χ4n) is 1.83. The SMILES string of the molecule is Nc1cccc(Br)c1CS(=O)(=O)Cc1ccc(Cl)cc1. The van der Waals surface area contributed by atoms with Crippen LogP contribution in [0.4, 0.5) is 5.69 Å². The van der Waals surface area contributed by atoms with E-state index in [-0.39, 0.29) is 11.5 Å². The molecule has 2 N–H and O–H groups in total. The standard InChI is InChI=1S/C14H13BrClNO2S/c15-13-2-1-3-14(17)12(13)9-20(18,19)8-10-4-6-11(16)7-5-10/h1-7H,8-9,17H2. The monoisotopic (exact) mass is 373 g/mol. The maximum atomic E-state index is 12.2. The highest BCUT2D eigenvalue weighted by Gasteiger charge is 2.17. The van der Waals surface area contributed by atoms with Gasteiger partial charge in [0, 0.05) is 20.7 Å². The molecule has 0 heterocycles. The van der Waals surface area contributed by atoms with Gasteiger partial charge in [0.15, 0.2) is 9.84 Å². The van der Waals surface area contributed by atoms with Gasteiger partial charge >= 0.3 is 0 Å². The highest BCUT2D eigenvalue weighted by atomic mass is 79.9. The van der Waals surface area contributed by atoms with Crippen molar-refractivity contribution < 1.29 is 8.42 Å². The van der Waals surface area contributed by atoms with E-state index >= 15 is 0 Å². The topological polar surface area (TPSA) is 60.2 Å². The van der Waals surface area contributed by atoms with Gasteiger partial charge in [-0.3, -0.25) is 0 Å². The van der Waals surface area contributed by atoms with Gasteiger partial charge in [-0.1, -0.05) is 45.7 Å². The first-order chi connectivity index (χ1) is 9.37. The lowest BCUT2D eigenvalue weighted by atomic mass is 10.2. The zero-order valence-corrected chi connectivity index (χ0v) is 13.7. The molecular formula is C14H13BrClNO2S. The number of halogens is 2. The van der Waals surface area contributed by atoms with Crippen LogP contribution >= 0.6 is 27.5 Å². The number of anilines is 1. The molecule has 2 rings (SSSR count). The molecule has 0 aromatic heterocycles. The molecule has 0 amide bonds. The highest BCUT2D eigenvalue weighted by molar-refractivity contribution is 9.10. The lowest BCUT2D eigenvalue weighted by molar-refractivity contribution is 0.594. The van der Waals surface area contributed by atoms with Crippen LogP contribution in [0.3, 0.4) is 0 Å². The van der Waals surface area contributed by atoms with Gasteiger partial charge in [0.25, 0.3) is 0 Å². The summed E-state index contributed by atoms with van der Waals surface area (Å²) in [5.41, 5.74) is 7.61. The molecule has 2 aromatic carbocycles. The van der Waals surface area contributed by atoms with Crippen molar-refractivity contribution in [3.63, 3.8) is 0 Å². The summed E-state index contributed by atoms with van der Waals surface area (Å²) in [4.78, 5) is 0. The fraction of sp³-hybridized carbons (Fsp3) is 0.143. The largest absolute Gasteiger partial charge is 0.398 e. The number of sulfone groups is 1. The maximum absolute atomic E-state index is 12.2. The molecular weight excluding hydrogens is 362 g/mol. The molecule has 0 bridgehead atoms. The van der Waals surface area contributed by atoms with Crippen LogP contribution in [0.5, 0.6) is 0 Å². The minimum Gasteiger partial charge on any atom is -0.398 e. The van der Waals surface area contributed by atoms with Crippen LogP contribution in [0, 0.1) is 0 Å². The molecule has 0 aliphatic rings. The van der Waals surface area contributed by atoms with E-state index in [1.165, 1.54) is 0 Å². The number of nitrogens with two attached hydrogens (primary N) is 1. The normalized spacial score (nSPS) is 11.5. The van der Waals surface area contributed by atoms with Crippen molar-refractivity contribution >= 4 is 43.1 Å². The first-order valence-corrected chi connectivity index (χ1v) is 8.84. The third-order valence-corrected chi connectivity index (χ3v) is 5.32. The van der Waals surface area contributed by atoms with Gasteiger partial charge in [-0.25, -0.2) is 8.42 Å². The van der Waals surface area contributed by atoms with E-state index < -0.39 is 9.84 Å². The summed E-state index contributed by atoms with van der Waals surface area (Å²) >= 11 is 9.11. The van der Waals surface area contributed by atoms with Gasteiger partial charge in [-0.15, -0.1) is 0 Å². The first-order valence-electron chi connectivity index (χ1n) is 5.85. The van der Waals surface area contributed by atoms with Crippen molar-refractivity contribution in [3.8, 4) is 0 Å². The van der Waals surface area contributed by atoms with Crippen molar-refractivity contribution in [1.29, 1.82) is 0 Å². The van der Waals surface area contributed by atoms with Crippen LogP contribution in [0.15, 0.2) is 46.9 Å². The van der Waals surface area contributed by atoms with Crippen molar-refractivity contribution in [2.75, 3.05) is 5.73 Å². The van der Waals surface area contributed by atoms with Gasteiger partial charge in [0.1, 0.15) is 0 Å². The van der Waals surface area contributed by atoms with Gasteiger partial charge in [-0.05, 0) is 29.8 Å². The number of rotatable bonds is 4. The Morgan fingerprint density at radius 2 is 1.70 bits per heavy atom. The van der Waals surface area contributed by atoms with Crippen molar-refractivity contribution in [3.05, 3.63) is 63.1 Å². The molecule has 0 spiro atoms. The third kappa shape index (κ3) is 3.98. The van der Waals surface area contributed by atoms with Crippen LogP contribution in [-0.2, 0) is 21.3 Å². The molecule has 2 aromatic rings. The average molecular weight is 375 g/mol. The van der Waals surface area contributed by atoms with E-state index in [0.29, 0.717) is 26.3 Å². The summed E-state index contributed by atoms with van der Waals surface area (Å²) in [5.74, 6) is -0.131. The second kappa shape index (κ2) is 6.16. The van der Waals surface area contributed by atoms with Gasteiger partial charge < -0.3 is 5.73 Å². The maximum Gasteiger partial charge on any atom is 0.158 e. The molecule has 0 atom stereocenters. The summed E-state index contributed by atoms with van der Waals surface area (Å²) in [6.07, 6.45) is 0. The lowest BCUT2D eigenvalue weighted by Gasteiger charge is -2.09. The van der Waals surface area contributed by atoms with E-state index in [4.69, 9.17) is 17.3 Å². The zero-order chi connectivity index (χ0) is 14.8. The predicted molar refractivity (Wildman–Crippen MR) is 86.3 cm³/mol. The second-order valence-corrected chi connectivity index (χ2v) is 7.82. The van der Waals surface area contributed by atoms with E-state index in [1.54, 1.807) is 42.5 Å². The Morgan fingerprint density at radius 1 is 1.05 bits per heavy atom. The van der Waals surface area contributed by atoms with E-state index in [2.05, 4.69) is 15.9 Å². The van der Waals surface area contributed by atoms with Crippen molar-refractivity contribution in [2.24, 2.45) is 0 Å². The molecule has 6 heteroatoms. The molecule has 0 aliphatic carbocycles. The van der Waals surface area contributed by atoms with Crippen LogP contribution < -0.4 is 5.73 Å². The number of benzene rings is 2. The summed E-state index contributed by atoms with van der Waals surface area (Å²) in [6, 6.07) is 12.0. The Kier molecular flexibility index (Phi) is 4.73. The smallest absolute Gasteiger partial charge is 0.158 e. The lowest BCUT2D eigenvalue weighted by Crippen LogP contribution is -2.09. The van der Waals surface area contributed by atoms with E-state index in [0.717, 1.165) is 0 Å². The van der Waals surface area contributed by atoms with Crippen molar-refractivity contribution in [1.82, 2.24) is 0 Å². The Balaban J connectivity index is 2.21. The third-order valence-electron chi connectivity index (χ3n) is 2.82. The van der Waals surface area contributed by atoms with Gasteiger partial charge in [-0.2, -0.15) is 0 Å². The van der Waals surface area contributed by atoms with Gasteiger partial charge in [0.2, 0.25) is 0 Å². The highest BCUT2D eigenvalue weighted by Crippen LogP contribution is 2.26. The average Bonchev–Trinajstić information content (AvgIpc) is 2.37. The molecule has 0 fully saturated rings. The van der Waals surface area contributed by atoms with E-state index in [9.17, 15) is 8.42 Å². The number of hydrogen-bond donors (Lipinski definition) is 1. The summed E-state index contributed by atoms with van der Waals surface area (Å²) in [6.45, 7) is 0. The zero-order valence-electron chi connectivity index (χ0n) is 10.5. The summed E-state index contributed by atoms with van der Waals surface area (Å²) in [7, 11) is -3.30. The Bertz CT molecular complexity index is 694. The predicted octanol–water partition coefficient (Wildman–Crippen LogP) is 3.80. The fourth-order valence-corrected chi connectivity index (χ4v) is 4.23. The molecule has 0 radical (unpaired) electrons. The summed E-state index contributed by atoms with van der Waals surface area (Å²) < 4.78 is 25.2. The van der Waals surface area contributed by atoms with Crippen LogP contribution in [0.25, 0.3) is 0 Å². The molecule has 3 nitrogen and oxygen atoms in total. The summed E-state index contributed by atoms with van der Waals surface area (Å²) in [5, 5.41) is 0.584. The number of hydrogen-bond acceptors (Lipinski definition) is 3. The molecule has 106 valence electrons. The quantitative estimate of drug-likeness (QED) is 0.828. The molecule has 20 heavy (non-hydrogen) atoms. The van der Waals surface area contributed by atoms with Crippen LogP contribution in [0.1, 0.15) is 11.1 Å². The molecule has 0 saturated carbocycles. The Labute approximate surface area is 131 Å². The Hall–Kier alpha value is -1.04. The molecule has 0 saturated heterocycles. The van der Waals surface area contributed by atoms with E-state index in [1.807, 2.05) is 0 Å². The molecule has 0 aliphatic heterocycles. The van der Waals surface area contributed by atoms with Crippen LogP contribution in [0.2, 0.25) is 5.02 Å². The minimum absolute atomic E-state index is 0.0368. The number of nitrogen functional groups attached to an aromatic ring is 1. The first kappa shape index (κ1) is 15.4. The second-order valence-electron chi connectivity index (χ2n) is 4.47. The van der Waals surface area contributed by atoms with Crippen LogP contribution in [-0.4, -0.2) is 8.42 Å². The Morgan fingerprint density at radius 3 is 2.30 bits per heavy atom.